The smallest absolute Gasteiger partial charge is 0.321 e. The molecule has 1 saturated heterocycles. The number of amides is 2. The number of sulfonamides is 1. The number of allylic oxidation sites excluding steroid dienone is 1. The molecule has 1 aliphatic rings. The van der Waals surface area contributed by atoms with Gasteiger partial charge in [-0.25, -0.2) is 13.2 Å². The topological polar surface area (TPSA) is 69.7 Å². The summed E-state index contributed by atoms with van der Waals surface area (Å²) in [6.45, 7) is 3.39. The Morgan fingerprint density at radius 3 is 2.25 bits per heavy atom. The molecule has 0 atom stereocenters. The lowest BCUT2D eigenvalue weighted by Gasteiger charge is -2.32. The second kappa shape index (κ2) is 5.31. The fraction of sp³-hybridized carbons (Fsp3) is 0.667. The minimum atomic E-state index is -3.13. The second-order valence-corrected chi connectivity index (χ2v) is 5.58. The fourth-order valence-corrected chi connectivity index (χ4v) is 2.30. The zero-order valence-electron chi connectivity index (χ0n) is 9.51. The summed E-state index contributed by atoms with van der Waals surface area (Å²) in [5, 5.41) is 2.59. The Morgan fingerprint density at radius 2 is 1.81 bits per heavy atom. The van der Waals surface area contributed by atoms with Gasteiger partial charge in [-0.1, -0.05) is 6.08 Å². The Balaban J connectivity index is 2.46. The Bertz CT molecular complexity index is 369. The van der Waals surface area contributed by atoms with Crippen molar-refractivity contribution in [2.24, 2.45) is 0 Å². The maximum atomic E-state index is 11.5. The monoisotopic (exact) mass is 247 g/mol. The molecule has 1 rings (SSSR count). The summed E-state index contributed by atoms with van der Waals surface area (Å²) in [6.07, 6.45) is 4.47. The van der Waals surface area contributed by atoms with Gasteiger partial charge < -0.3 is 10.2 Å². The van der Waals surface area contributed by atoms with Crippen molar-refractivity contribution in [3.63, 3.8) is 0 Å². The Morgan fingerprint density at radius 1 is 1.25 bits per heavy atom. The fourth-order valence-electron chi connectivity index (χ4n) is 1.47. The van der Waals surface area contributed by atoms with Crippen molar-refractivity contribution in [3.8, 4) is 0 Å². The first kappa shape index (κ1) is 13.0. The van der Waals surface area contributed by atoms with Gasteiger partial charge >= 0.3 is 6.03 Å². The molecule has 92 valence electrons. The maximum absolute atomic E-state index is 11.5. The normalized spacial score (nSPS) is 19.0. The molecular weight excluding hydrogens is 230 g/mol. The summed E-state index contributed by atoms with van der Waals surface area (Å²) < 4.78 is 23.8. The molecule has 0 radical (unpaired) electrons. The summed E-state index contributed by atoms with van der Waals surface area (Å²) in [7, 11) is -3.13. The molecule has 1 aliphatic heterocycles. The van der Waals surface area contributed by atoms with E-state index in [9.17, 15) is 13.2 Å². The first-order valence-electron chi connectivity index (χ1n) is 5.07. The van der Waals surface area contributed by atoms with Crippen LogP contribution in [0.3, 0.4) is 0 Å². The van der Waals surface area contributed by atoms with Crippen molar-refractivity contribution in [1.29, 1.82) is 0 Å². The number of nitrogens with one attached hydrogen (secondary N) is 1. The number of rotatable bonds is 2. The first-order chi connectivity index (χ1) is 7.45. The van der Waals surface area contributed by atoms with E-state index >= 15 is 0 Å². The zero-order chi connectivity index (χ0) is 12.2. The number of hydrogen-bond acceptors (Lipinski definition) is 3. The first-order valence-corrected chi connectivity index (χ1v) is 6.91. The van der Waals surface area contributed by atoms with Crippen molar-refractivity contribution in [2.45, 2.75) is 6.92 Å². The molecule has 0 saturated carbocycles. The highest BCUT2D eigenvalue weighted by atomic mass is 32.2. The molecule has 0 aromatic carbocycles. The predicted molar refractivity (Wildman–Crippen MR) is 61.3 cm³/mol. The standard InChI is InChI=1S/C9H17N3O3S/c1-3-4-10-9(13)11-5-7-12(8-6-11)16(2,14)15/h3-4H,5-8H2,1-2H3,(H,10,13)/b4-3+. The Hall–Kier alpha value is -1.08. The van der Waals surface area contributed by atoms with Gasteiger partial charge in [0.15, 0.2) is 0 Å². The summed E-state index contributed by atoms with van der Waals surface area (Å²) in [5.41, 5.74) is 0. The third kappa shape index (κ3) is 3.49. The van der Waals surface area contributed by atoms with E-state index in [0.717, 1.165) is 0 Å². The van der Waals surface area contributed by atoms with E-state index < -0.39 is 10.0 Å². The van der Waals surface area contributed by atoms with E-state index in [1.54, 1.807) is 17.2 Å². The van der Waals surface area contributed by atoms with E-state index in [2.05, 4.69) is 5.32 Å². The molecule has 0 aromatic heterocycles. The second-order valence-electron chi connectivity index (χ2n) is 3.60. The van der Waals surface area contributed by atoms with Gasteiger partial charge in [-0.15, -0.1) is 0 Å². The Kier molecular flexibility index (Phi) is 4.31. The van der Waals surface area contributed by atoms with E-state index in [0.29, 0.717) is 26.2 Å². The largest absolute Gasteiger partial charge is 0.322 e. The van der Waals surface area contributed by atoms with Crippen LogP contribution in [-0.2, 0) is 10.0 Å². The van der Waals surface area contributed by atoms with Crippen LogP contribution in [0.1, 0.15) is 6.92 Å². The zero-order valence-corrected chi connectivity index (χ0v) is 10.3. The highest BCUT2D eigenvalue weighted by Crippen LogP contribution is 2.05. The molecule has 1 fully saturated rings. The predicted octanol–water partition coefficient (Wildman–Crippen LogP) is -0.193. The van der Waals surface area contributed by atoms with E-state index in [1.807, 2.05) is 6.92 Å². The van der Waals surface area contributed by atoms with Crippen LogP contribution in [0.5, 0.6) is 0 Å². The van der Waals surface area contributed by atoms with Crippen LogP contribution in [0.4, 0.5) is 4.79 Å². The quantitative estimate of drug-likeness (QED) is 0.735. The van der Waals surface area contributed by atoms with Crippen LogP contribution < -0.4 is 5.32 Å². The van der Waals surface area contributed by atoms with Crippen LogP contribution in [0.15, 0.2) is 12.3 Å². The third-order valence-electron chi connectivity index (χ3n) is 2.37. The summed E-state index contributed by atoms with van der Waals surface area (Å²) in [4.78, 5) is 13.1. The van der Waals surface area contributed by atoms with Crippen LogP contribution >= 0.6 is 0 Å². The number of hydrogen-bond donors (Lipinski definition) is 1. The minimum Gasteiger partial charge on any atom is -0.322 e. The van der Waals surface area contributed by atoms with Crippen LogP contribution in [0, 0.1) is 0 Å². The van der Waals surface area contributed by atoms with Gasteiger partial charge in [0.25, 0.3) is 0 Å². The molecule has 0 unspecified atom stereocenters. The molecule has 1 N–H and O–H groups in total. The lowest BCUT2D eigenvalue weighted by molar-refractivity contribution is 0.176. The van der Waals surface area contributed by atoms with Crippen molar-refractivity contribution in [2.75, 3.05) is 32.4 Å². The molecule has 6 nitrogen and oxygen atoms in total. The third-order valence-corrected chi connectivity index (χ3v) is 3.67. The highest BCUT2D eigenvalue weighted by Gasteiger charge is 2.25. The molecule has 0 aliphatic carbocycles. The molecule has 16 heavy (non-hydrogen) atoms. The van der Waals surface area contributed by atoms with Crippen LogP contribution in [-0.4, -0.2) is 56.1 Å². The van der Waals surface area contributed by atoms with E-state index in [1.165, 1.54) is 10.6 Å². The number of nitrogens with zero attached hydrogens (tertiary/aromatic N) is 2. The number of carbonyl (C=O) groups excluding carboxylic acids is 1. The van der Waals surface area contributed by atoms with Gasteiger partial charge in [0.1, 0.15) is 0 Å². The molecule has 2 amide bonds. The molecule has 0 spiro atoms. The van der Waals surface area contributed by atoms with Gasteiger partial charge in [-0.05, 0) is 6.92 Å². The van der Waals surface area contributed by atoms with Crippen LogP contribution in [0.25, 0.3) is 0 Å². The lowest BCUT2D eigenvalue weighted by atomic mass is 10.4. The maximum Gasteiger partial charge on any atom is 0.321 e. The summed E-state index contributed by atoms with van der Waals surface area (Å²) in [6, 6.07) is -0.189. The number of carbonyl (C=O) groups is 1. The SMILES string of the molecule is C/C=C/NC(=O)N1CCN(S(C)(=O)=O)CC1. The van der Waals surface area contributed by atoms with Gasteiger partial charge in [-0.2, -0.15) is 4.31 Å². The van der Waals surface area contributed by atoms with E-state index in [4.69, 9.17) is 0 Å². The Labute approximate surface area is 96.0 Å². The van der Waals surface area contributed by atoms with Crippen molar-refractivity contribution in [3.05, 3.63) is 12.3 Å². The van der Waals surface area contributed by atoms with Gasteiger partial charge in [0, 0.05) is 32.4 Å². The van der Waals surface area contributed by atoms with Gasteiger partial charge in [0.2, 0.25) is 10.0 Å². The molecule has 7 heteroatoms. The number of piperazine rings is 1. The lowest BCUT2D eigenvalue weighted by Crippen LogP contribution is -2.52. The van der Waals surface area contributed by atoms with Crippen molar-refractivity contribution < 1.29 is 13.2 Å². The minimum absolute atomic E-state index is 0.189. The van der Waals surface area contributed by atoms with Crippen molar-refractivity contribution in [1.82, 2.24) is 14.5 Å². The highest BCUT2D eigenvalue weighted by molar-refractivity contribution is 7.88. The molecule has 0 bridgehead atoms. The van der Waals surface area contributed by atoms with Gasteiger partial charge in [-0.3, -0.25) is 0 Å². The van der Waals surface area contributed by atoms with E-state index in [-0.39, 0.29) is 6.03 Å². The number of urea groups is 1. The molecule has 1 heterocycles. The van der Waals surface area contributed by atoms with Gasteiger partial charge in [0.05, 0.1) is 6.26 Å². The summed E-state index contributed by atoms with van der Waals surface area (Å²) >= 11 is 0. The van der Waals surface area contributed by atoms with Crippen LogP contribution in [0.2, 0.25) is 0 Å². The average molecular weight is 247 g/mol. The summed E-state index contributed by atoms with van der Waals surface area (Å²) in [5.74, 6) is 0. The van der Waals surface area contributed by atoms with Crippen molar-refractivity contribution >= 4 is 16.1 Å². The molecule has 0 aromatic rings. The average Bonchev–Trinajstić information content (AvgIpc) is 2.25. The molecular formula is C9H17N3O3S.